The summed E-state index contributed by atoms with van der Waals surface area (Å²) in [5.41, 5.74) is 0. The molecule has 2 N–H and O–H groups in total. The summed E-state index contributed by atoms with van der Waals surface area (Å²) in [6.45, 7) is 5.93. The number of carbonyl (C=O) groups is 1. The Kier molecular flexibility index (Phi) is 5.42. The fraction of sp³-hybridized carbons (Fsp3) is 0.900. The predicted molar refractivity (Wildman–Crippen MR) is 58.9 cm³/mol. The third-order valence-electron chi connectivity index (χ3n) is 2.37. The van der Waals surface area contributed by atoms with Gasteiger partial charge in [0.25, 0.3) is 0 Å². The van der Waals surface area contributed by atoms with Crippen LogP contribution in [0.2, 0.25) is 0 Å². The number of rotatable bonds is 4. The average molecular weight is 215 g/mol. The first-order chi connectivity index (χ1) is 7.22. The molecule has 1 aliphatic heterocycles. The zero-order valence-electron chi connectivity index (χ0n) is 9.58. The van der Waals surface area contributed by atoms with E-state index in [1.54, 1.807) is 0 Å². The first kappa shape index (κ1) is 12.3. The summed E-state index contributed by atoms with van der Waals surface area (Å²) in [6, 6.07) is -0.103. The molecule has 1 aliphatic rings. The Bertz CT molecular complexity index is 199. The van der Waals surface area contributed by atoms with E-state index in [0.29, 0.717) is 6.54 Å². The van der Waals surface area contributed by atoms with E-state index in [-0.39, 0.29) is 12.1 Å². The van der Waals surface area contributed by atoms with Gasteiger partial charge in [-0.2, -0.15) is 0 Å². The fourth-order valence-electron chi connectivity index (χ4n) is 1.50. The maximum Gasteiger partial charge on any atom is 0.314 e. The molecule has 0 bridgehead atoms. The molecular weight excluding hydrogens is 194 g/mol. The van der Waals surface area contributed by atoms with Crippen LogP contribution < -0.4 is 10.6 Å². The minimum Gasteiger partial charge on any atom is -0.374 e. The predicted octanol–water partition coefficient (Wildman–Crippen LogP) is 0.0262. The van der Waals surface area contributed by atoms with Crippen molar-refractivity contribution in [1.82, 2.24) is 15.5 Å². The number of likely N-dealkylation sites (N-methyl/N-ethyl adjacent to an activating group) is 1. The van der Waals surface area contributed by atoms with E-state index < -0.39 is 0 Å². The van der Waals surface area contributed by atoms with Crippen molar-refractivity contribution in [2.75, 3.05) is 39.8 Å². The van der Waals surface area contributed by atoms with Gasteiger partial charge in [0.1, 0.15) is 0 Å². The third-order valence-corrected chi connectivity index (χ3v) is 2.37. The minimum atomic E-state index is -0.103. The molecule has 1 heterocycles. The molecule has 1 saturated heterocycles. The summed E-state index contributed by atoms with van der Waals surface area (Å²) in [5, 5.41) is 5.57. The highest BCUT2D eigenvalue weighted by Crippen LogP contribution is 2.01. The lowest BCUT2D eigenvalue weighted by molar-refractivity contribution is -0.0167. The molecule has 0 spiro atoms. The molecule has 1 atom stereocenters. The molecule has 5 nitrogen and oxygen atoms in total. The van der Waals surface area contributed by atoms with Crippen LogP contribution in [-0.4, -0.2) is 56.9 Å². The minimum absolute atomic E-state index is 0.103. The molecule has 2 amide bonds. The molecule has 0 saturated carbocycles. The number of hydrogen-bond donors (Lipinski definition) is 2. The molecule has 5 heteroatoms. The van der Waals surface area contributed by atoms with Crippen molar-refractivity contribution in [3.8, 4) is 0 Å². The summed E-state index contributed by atoms with van der Waals surface area (Å²) < 4.78 is 5.52. The number of hydrogen-bond acceptors (Lipinski definition) is 3. The Labute approximate surface area is 91.2 Å². The summed E-state index contributed by atoms with van der Waals surface area (Å²) >= 11 is 0. The monoisotopic (exact) mass is 215 g/mol. The lowest BCUT2D eigenvalue weighted by Crippen LogP contribution is -2.47. The second-order valence-electron chi connectivity index (χ2n) is 3.89. The van der Waals surface area contributed by atoms with Gasteiger partial charge < -0.3 is 20.3 Å². The zero-order chi connectivity index (χ0) is 11.1. The van der Waals surface area contributed by atoms with Gasteiger partial charge in [-0.1, -0.05) is 6.92 Å². The van der Waals surface area contributed by atoms with Crippen molar-refractivity contribution < 1.29 is 9.53 Å². The number of urea groups is 1. The Hall–Kier alpha value is -0.810. The fourth-order valence-corrected chi connectivity index (χ4v) is 1.50. The van der Waals surface area contributed by atoms with E-state index in [2.05, 4.69) is 22.6 Å². The van der Waals surface area contributed by atoms with Crippen molar-refractivity contribution in [3.05, 3.63) is 0 Å². The lowest BCUT2D eigenvalue weighted by Gasteiger charge is -2.30. The van der Waals surface area contributed by atoms with Crippen LogP contribution in [0.1, 0.15) is 13.3 Å². The molecule has 0 aliphatic carbocycles. The van der Waals surface area contributed by atoms with Crippen LogP contribution in [0.3, 0.4) is 0 Å². The number of ether oxygens (including phenoxy) is 1. The maximum atomic E-state index is 11.2. The van der Waals surface area contributed by atoms with Gasteiger partial charge in [-0.15, -0.1) is 0 Å². The summed E-state index contributed by atoms with van der Waals surface area (Å²) in [6.07, 6.45) is 1.08. The number of nitrogens with zero attached hydrogens (tertiary/aromatic N) is 1. The van der Waals surface area contributed by atoms with Crippen molar-refractivity contribution in [2.45, 2.75) is 19.4 Å². The molecule has 1 rings (SSSR count). The SMILES string of the molecule is CCCNC(=O)NCC1CN(C)CCO1. The highest BCUT2D eigenvalue weighted by molar-refractivity contribution is 5.73. The van der Waals surface area contributed by atoms with Crippen LogP contribution in [0.5, 0.6) is 0 Å². The zero-order valence-corrected chi connectivity index (χ0v) is 9.58. The summed E-state index contributed by atoms with van der Waals surface area (Å²) in [4.78, 5) is 13.4. The molecule has 0 radical (unpaired) electrons. The van der Waals surface area contributed by atoms with Gasteiger partial charge in [-0.25, -0.2) is 4.79 Å². The normalized spacial score (nSPS) is 22.4. The van der Waals surface area contributed by atoms with Gasteiger partial charge in [0.05, 0.1) is 12.7 Å². The van der Waals surface area contributed by atoms with Crippen LogP contribution in [0.4, 0.5) is 4.79 Å². The smallest absolute Gasteiger partial charge is 0.314 e. The van der Waals surface area contributed by atoms with E-state index >= 15 is 0 Å². The first-order valence-electron chi connectivity index (χ1n) is 5.54. The molecule has 0 aromatic rings. The van der Waals surface area contributed by atoms with Crippen LogP contribution in [-0.2, 0) is 4.74 Å². The molecule has 1 fully saturated rings. The molecular formula is C10H21N3O2. The van der Waals surface area contributed by atoms with E-state index in [4.69, 9.17) is 4.74 Å². The van der Waals surface area contributed by atoms with E-state index in [1.165, 1.54) is 0 Å². The highest BCUT2D eigenvalue weighted by atomic mass is 16.5. The molecule has 15 heavy (non-hydrogen) atoms. The van der Waals surface area contributed by atoms with Crippen molar-refractivity contribution >= 4 is 6.03 Å². The quantitative estimate of drug-likeness (QED) is 0.695. The number of carbonyl (C=O) groups excluding carboxylic acids is 1. The maximum absolute atomic E-state index is 11.2. The summed E-state index contributed by atoms with van der Waals surface area (Å²) in [5.74, 6) is 0. The lowest BCUT2D eigenvalue weighted by atomic mass is 10.3. The van der Waals surface area contributed by atoms with E-state index in [1.807, 2.05) is 6.92 Å². The van der Waals surface area contributed by atoms with Crippen molar-refractivity contribution in [3.63, 3.8) is 0 Å². The average Bonchev–Trinajstić information content (AvgIpc) is 2.23. The van der Waals surface area contributed by atoms with E-state index in [9.17, 15) is 4.79 Å². The Balaban J connectivity index is 2.10. The van der Waals surface area contributed by atoms with Crippen molar-refractivity contribution in [2.24, 2.45) is 0 Å². The molecule has 88 valence electrons. The third kappa shape index (κ3) is 4.99. The topological polar surface area (TPSA) is 53.6 Å². The van der Waals surface area contributed by atoms with Crippen LogP contribution in [0.25, 0.3) is 0 Å². The Morgan fingerprint density at radius 1 is 1.53 bits per heavy atom. The molecule has 0 aromatic carbocycles. The number of nitrogens with one attached hydrogen (secondary N) is 2. The Morgan fingerprint density at radius 3 is 3.00 bits per heavy atom. The van der Waals surface area contributed by atoms with Gasteiger partial charge in [0, 0.05) is 26.2 Å². The first-order valence-corrected chi connectivity index (χ1v) is 5.54. The second kappa shape index (κ2) is 6.63. The van der Waals surface area contributed by atoms with E-state index in [0.717, 1.165) is 32.7 Å². The van der Waals surface area contributed by atoms with Gasteiger partial charge in [0.15, 0.2) is 0 Å². The standard InChI is InChI=1S/C10H21N3O2/c1-3-4-11-10(14)12-7-9-8-13(2)5-6-15-9/h9H,3-8H2,1-2H3,(H2,11,12,14). The Morgan fingerprint density at radius 2 is 2.33 bits per heavy atom. The molecule has 1 unspecified atom stereocenters. The second-order valence-corrected chi connectivity index (χ2v) is 3.89. The van der Waals surface area contributed by atoms with Gasteiger partial charge >= 0.3 is 6.03 Å². The van der Waals surface area contributed by atoms with Crippen LogP contribution in [0, 0.1) is 0 Å². The summed E-state index contributed by atoms with van der Waals surface area (Å²) in [7, 11) is 2.06. The highest BCUT2D eigenvalue weighted by Gasteiger charge is 2.17. The van der Waals surface area contributed by atoms with Crippen LogP contribution in [0.15, 0.2) is 0 Å². The van der Waals surface area contributed by atoms with Gasteiger partial charge in [-0.3, -0.25) is 0 Å². The largest absolute Gasteiger partial charge is 0.374 e. The molecule has 0 aromatic heterocycles. The number of morpholine rings is 1. The van der Waals surface area contributed by atoms with Crippen LogP contribution >= 0.6 is 0 Å². The van der Waals surface area contributed by atoms with Gasteiger partial charge in [0.2, 0.25) is 0 Å². The number of amides is 2. The van der Waals surface area contributed by atoms with Crippen molar-refractivity contribution in [1.29, 1.82) is 0 Å². The van der Waals surface area contributed by atoms with Gasteiger partial charge in [-0.05, 0) is 13.5 Å².